The topological polar surface area (TPSA) is 126 Å². The normalized spacial score (nSPS) is 15.2. The molecule has 8 nitrogen and oxygen atoms in total. The third kappa shape index (κ3) is 6.15. The molecule has 1 fully saturated rings. The van der Waals surface area contributed by atoms with E-state index in [1.165, 1.54) is 31.4 Å². The molecule has 3 aromatic rings. The van der Waals surface area contributed by atoms with Gasteiger partial charge in [0.2, 0.25) is 5.56 Å². The van der Waals surface area contributed by atoms with Gasteiger partial charge in [-0.25, -0.2) is 4.79 Å². The number of amides is 2. The summed E-state index contributed by atoms with van der Waals surface area (Å²) in [6.45, 7) is 0.961. The van der Waals surface area contributed by atoms with E-state index in [1.807, 2.05) is 24.3 Å². The van der Waals surface area contributed by atoms with Gasteiger partial charge in [-0.15, -0.1) is 0 Å². The van der Waals surface area contributed by atoms with Gasteiger partial charge in [-0.2, -0.15) is 0 Å². The summed E-state index contributed by atoms with van der Waals surface area (Å²) in [4.78, 5) is 26.5. The van der Waals surface area contributed by atoms with Gasteiger partial charge in [-0.3, -0.25) is 4.79 Å². The van der Waals surface area contributed by atoms with Crippen molar-refractivity contribution in [3.8, 4) is 5.75 Å². The summed E-state index contributed by atoms with van der Waals surface area (Å²) in [6.07, 6.45) is 5.61. The van der Waals surface area contributed by atoms with Crippen LogP contribution in [0.4, 0.5) is 10.5 Å². The second-order valence-corrected chi connectivity index (χ2v) is 8.89. The maximum Gasteiger partial charge on any atom is 0.319 e. The zero-order chi connectivity index (χ0) is 23.9. The van der Waals surface area contributed by atoms with Crippen molar-refractivity contribution >= 4 is 22.6 Å². The van der Waals surface area contributed by atoms with Crippen LogP contribution in [0.25, 0.3) is 10.9 Å². The molecule has 1 atom stereocenters. The number of benzene rings is 2. The van der Waals surface area contributed by atoms with Crippen molar-refractivity contribution in [1.29, 1.82) is 0 Å². The van der Waals surface area contributed by atoms with E-state index in [4.69, 9.17) is 0 Å². The molecular formula is C26H32N4O4. The van der Waals surface area contributed by atoms with E-state index >= 15 is 0 Å². The van der Waals surface area contributed by atoms with Crippen LogP contribution in [0.5, 0.6) is 5.75 Å². The average molecular weight is 465 g/mol. The number of phenolic OH excluding ortho intramolecular Hbond substituents is 1. The highest BCUT2D eigenvalue weighted by atomic mass is 16.3. The van der Waals surface area contributed by atoms with E-state index in [2.05, 4.69) is 20.9 Å². The first-order chi connectivity index (χ1) is 16.5. The number of H-pyrrole nitrogens is 1. The summed E-state index contributed by atoms with van der Waals surface area (Å²) in [5.41, 5.74) is 2.48. The largest absolute Gasteiger partial charge is 0.506 e. The van der Waals surface area contributed by atoms with E-state index in [0.29, 0.717) is 29.6 Å². The number of urea groups is 1. The minimum atomic E-state index is -0.800. The lowest BCUT2D eigenvalue weighted by molar-refractivity contribution is 0.176. The van der Waals surface area contributed by atoms with Crippen molar-refractivity contribution in [3.05, 3.63) is 70.0 Å². The van der Waals surface area contributed by atoms with Crippen LogP contribution in [0, 0.1) is 0 Å². The third-order valence-corrected chi connectivity index (χ3v) is 6.32. The first-order valence-electron chi connectivity index (χ1n) is 11.9. The first kappa shape index (κ1) is 23.8. The molecule has 1 unspecified atom stereocenters. The van der Waals surface area contributed by atoms with Crippen molar-refractivity contribution in [3.63, 3.8) is 0 Å². The van der Waals surface area contributed by atoms with Crippen LogP contribution in [-0.4, -0.2) is 40.4 Å². The van der Waals surface area contributed by atoms with Crippen molar-refractivity contribution in [2.75, 3.05) is 18.4 Å². The van der Waals surface area contributed by atoms with Crippen molar-refractivity contribution in [2.45, 2.75) is 50.7 Å². The summed E-state index contributed by atoms with van der Waals surface area (Å²) in [6, 6.07) is 14.0. The zero-order valence-corrected chi connectivity index (χ0v) is 19.1. The molecule has 0 saturated heterocycles. The molecule has 1 saturated carbocycles. The molecule has 1 heterocycles. The van der Waals surface area contributed by atoms with Gasteiger partial charge in [-0.05, 0) is 61.2 Å². The summed E-state index contributed by atoms with van der Waals surface area (Å²) < 4.78 is 0. The summed E-state index contributed by atoms with van der Waals surface area (Å²) in [5.74, 6) is -0.0301. The van der Waals surface area contributed by atoms with Gasteiger partial charge in [0, 0.05) is 29.7 Å². The van der Waals surface area contributed by atoms with Crippen LogP contribution in [0.1, 0.15) is 49.3 Å². The molecule has 1 aliphatic carbocycles. The highest BCUT2D eigenvalue weighted by Gasteiger charge is 2.16. The molecule has 2 aromatic carbocycles. The van der Waals surface area contributed by atoms with Gasteiger partial charge in [0.25, 0.3) is 0 Å². The summed E-state index contributed by atoms with van der Waals surface area (Å²) in [5, 5.41) is 30.5. The smallest absolute Gasteiger partial charge is 0.319 e. The number of carbonyl (C=O) groups excluding carboxylic acids is 1. The van der Waals surface area contributed by atoms with Crippen molar-refractivity contribution < 1.29 is 15.0 Å². The molecule has 1 aliphatic rings. The zero-order valence-electron chi connectivity index (χ0n) is 19.1. The Morgan fingerprint density at radius 3 is 2.74 bits per heavy atom. The van der Waals surface area contributed by atoms with Crippen molar-refractivity contribution in [1.82, 2.24) is 15.6 Å². The lowest BCUT2D eigenvalue weighted by atomic mass is 9.96. The maximum atomic E-state index is 12.3. The SMILES string of the molecule is O=C(Nc1cccc(CCNCC(O)c2ccc(O)c3[nH]c(=O)ccc23)c1)NC1CCCCC1. The predicted octanol–water partition coefficient (Wildman–Crippen LogP) is 3.55. The molecule has 0 bridgehead atoms. The number of aromatic nitrogens is 1. The quantitative estimate of drug-likeness (QED) is 0.284. The highest BCUT2D eigenvalue weighted by Crippen LogP contribution is 2.28. The van der Waals surface area contributed by atoms with Gasteiger partial charge in [0.05, 0.1) is 11.6 Å². The predicted molar refractivity (Wildman–Crippen MR) is 133 cm³/mol. The third-order valence-electron chi connectivity index (χ3n) is 6.32. The van der Waals surface area contributed by atoms with Gasteiger partial charge in [0.15, 0.2) is 0 Å². The van der Waals surface area contributed by atoms with E-state index in [-0.39, 0.29) is 23.4 Å². The molecule has 2 amide bonds. The minimum absolute atomic E-state index is 0.0301. The van der Waals surface area contributed by atoms with Crippen LogP contribution in [0.2, 0.25) is 0 Å². The Balaban J connectivity index is 1.27. The molecule has 0 spiro atoms. The molecule has 6 N–H and O–H groups in total. The Morgan fingerprint density at radius 2 is 1.91 bits per heavy atom. The molecule has 180 valence electrons. The number of carbonyl (C=O) groups is 1. The van der Waals surface area contributed by atoms with Gasteiger partial charge >= 0.3 is 6.03 Å². The fraction of sp³-hybridized carbons (Fsp3) is 0.385. The number of hydrogen-bond acceptors (Lipinski definition) is 5. The number of aliphatic hydroxyl groups is 1. The fourth-order valence-electron chi connectivity index (χ4n) is 4.54. The molecule has 34 heavy (non-hydrogen) atoms. The Labute approximate surface area is 198 Å². The molecule has 4 rings (SSSR count). The van der Waals surface area contributed by atoms with Gasteiger partial charge < -0.3 is 31.1 Å². The molecule has 8 heteroatoms. The number of rotatable bonds is 8. The van der Waals surface area contributed by atoms with Crippen LogP contribution < -0.4 is 21.5 Å². The number of anilines is 1. The Kier molecular flexibility index (Phi) is 7.82. The van der Waals surface area contributed by atoms with E-state index in [9.17, 15) is 19.8 Å². The molecule has 0 aliphatic heterocycles. The van der Waals surface area contributed by atoms with Crippen LogP contribution >= 0.6 is 0 Å². The van der Waals surface area contributed by atoms with Crippen LogP contribution in [0.15, 0.2) is 53.3 Å². The second kappa shape index (κ2) is 11.2. The van der Waals surface area contributed by atoms with E-state index < -0.39 is 6.10 Å². The highest BCUT2D eigenvalue weighted by molar-refractivity contribution is 5.89. The van der Waals surface area contributed by atoms with Crippen molar-refractivity contribution in [2.24, 2.45) is 0 Å². The monoisotopic (exact) mass is 464 g/mol. The van der Waals surface area contributed by atoms with Crippen LogP contribution in [0.3, 0.4) is 0 Å². The number of aliphatic hydroxyl groups excluding tert-OH is 1. The van der Waals surface area contributed by atoms with Crippen LogP contribution in [-0.2, 0) is 6.42 Å². The lowest BCUT2D eigenvalue weighted by Crippen LogP contribution is -2.39. The first-order valence-corrected chi connectivity index (χ1v) is 11.9. The summed E-state index contributed by atoms with van der Waals surface area (Å²) >= 11 is 0. The number of phenols is 1. The van der Waals surface area contributed by atoms with Gasteiger partial charge in [0.1, 0.15) is 5.75 Å². The second-order valence-electron chi connectivity index (χ2n) is 8.89. The Hall–Kier alpha value is -3.36. The van der Waals surface area contributed by atoms with Gasteiger partial charge in [-0.1, -0.05) is 37.5 Å². The summed E-state index contributed by atoms with van der Waals surface area (Å²) in [7, 11) is 0. The fourth-order valence-corrected chi connectivity index (χ4v) is 4.54. The average Bonchev–Trinajstić information content (AvgIpc) is 2.83. The number of fused-ring (bicyclic) bond motifs is 1. The molecular weight excluding hydrogens is 432 g/mol. The standard InChI is InChI=1S/C26H32N4O4/c31-22-11-9-20(21-10-12-24(33)30-25(21)22)23(32)16-27-14-13-17-5-4-8-19(15-17)29-26(34)28-18-6-2-1-3-7-18/h4-5,8-12,15,18,23,27,31-32H,1-3,6-7,13-14,16H2,(H,30,33)(H2,28,29,34). The Morgan fingerprint density at radius 1 is 1.09 bits per heavy atom. The Bertz CT molecular complexity index is 1190. The number of aromatic amines is 1. The minimum Gasteiger partial charge on any atom is -0.506 e. The number of aromatic hydroxyl groups is 1. The lowest BCUT2D eigenvalue weighted by Gasteiger charge is -2.22. The number of hydrogen-bond donors (Lipinski definition) is 6. The van der Waals surface area contributed by atoms with E-state index in [0.717, 1.165) is 30.5 Å². The maximum absolute atomic E-state index is 12.3. The molecule has 0 radical (unpaired) electrons. The van der Waals surface area contributed by atoms with E-state index in [1.54, 1.807) is 12.1 Å². The number of nitrogens with one attached hydrogen (secondary N) is 4. The number of pyridine rings is 1. The molecule has 1 aromatic heterocycles.